The second kappa shape index (κ2) is 9.50. The molecule has 0 radical (unpaired) electrons. The van der Waals surface area contributed by atoms with Crippen molar-refractivity contribution in [3.63, 3.8) is 0 Å². The van der Waals surface area contributed by atoms with Crippen molar-refractivity contribution in [2.24, 2.45) is 12.0 Å². The summed E-state index contributed by atoms with van der Waals surface area (Å²) in [4.78, 5) is 6.00. The first-order valence-electron chi connectivity index (χ1n) is 9.49. The molecule has 0 aliphatic carbocycles. The molecule has 1 atom stereocenters. The highest BCUT2D eigenvalue weighted by Crippen LogP contribution is 2.15. The van der Waals surface area contributed by atoms with Gasteiger partial charge in [0, 0.05) is 18.5 Å². The first-order chi connectivity index (χ1) is 13.5. The van der Waals surface area contributed by atoms with Crippen molar-refractivity contribution in [3.8, 4) is 0 Å². The first-order valence-corrected chi connectivity index (χ1v) is 10.4. The van der Waals surface area contributed by atoms with Gasteiger partial charge in [0.25, 0.3) is 0 Å². The summed E-state index contributed by atoms with van der Waals surface area (Å²) in [5.74, 6) is 2.90. The molecule has 0 aliphatic heterocycles. The Morgan fingerprint density at radius 2 is 1.93 bits per heavy atom. The molecule has 7 heteroatoms. The van der Waals surface area contributed by atoms with Crippen molar-refractivity contribution in [1.82, 2.24) is 25.4 Å². The van der Waals surface area contributed by atoms with E-state index in [4.69, 9.17) is 4.99 Å². The summed E-state index contributed by atoms with van der Waals surface area (Å²) in [6, 6.07) is 12.9. The van der Waals surface area contributed by atoms with Gasteiger partial charge in [-0.25, -0.2) is 4.99 Å². The van der Waals surface area contributed by atoms with E-state index >= 15 is 0 Å². The SMILES string of the molecule is Cc1ccc(C(C)CNC(=NCc2nnc(C)n2C)NCc2cccs2)cc1. The van der Waals surface area contributed by atoms with Gasteiger partial charge in [-0.2, -0.15) is 0 Å². The zero-order chi connectivity index (χ0) is 19.9. The highest BCUT2D eigenvalue weighted by Gasteiger charge is 2.09. The van der Waals surface area contributed by atoms with Crippen LogP contribution in [-0.2, 0) is 20.1 Å². The third kappa shape index (κ3) is 5.42. The fourth-order valence-corrected chi connectivity index (χ4v) is 3.40. The number of rotatable bonds is 7. The number of benzene rings is 1. The maximum Gasteiger partial charge on any atom is 0.192 e. The van der Waals surface area contributed by atoms with E-state index in [9.17, 15) is 0 Å². The Labute approximate surface area is 170 Å². The minimum absolute atomic E-state index is 0.381. The Bertz CT molecular complexity index is 896. The molecule has 0 fully saturated rings. The number of thiophene rings is 1. The fraction of sp³-hybridized carbons (Fsp3) is 0.381. The fourth-order valence-electron chi connectivity index (χ4n) is 2.76. The lowest BCUT2D eigenvalue weighted by Gasteiger charge is -2.17. The number of aromatic nitrogens is 3. The van der Waals surface area contributed by atoms with Crippen molar-refractivity contribution in [1.29, 1.82) is 0 Å². The normalized spacial score (nSPS) is 12.8. The van der Waals surface area contributed by atoms with E-state index in [1.54, 1.807) is 11.3 Å². The molecule has 1 unspecified atom stereocenters. The molecule has 2 N–H and O–H groups in total. The summed E-state index contributed by atoms with van der Waals surface area (Å²) in [5.41, 5.74) is 2.60. The largest absolute Gasteiger partial charge is 0.356 e. The van der Waals surface area contributed by atoms with Crippen molar-refractivity contribution in [2.75, 3.05) is 6.54 Å². The number of aliphatic imine (C=N–C) groups is 1. The van der Waals surface area contributed by atoms with Gasteiger partial charge in [0.15, 0.2) is 11.8 Å². The van der Waals surface area contributed by atoms with E-state index in [-0.39, 0.29) is 0 Å². The predicted molar refractivity (Wildman–Crippen MR) is 116 cm³/mol. The Morgan fingerprint density at radius 3 is 2.57 bits per heavy atom. The highest BCUT2D eigenvalue weighted by atomic mass is 32.1. The lowest BCUT2D eigenvalue weighted by atomic mass is 10.0. The molecule has 0 saturated heterocycles. The summed E-state index contributed by atoms with van der Waals surface area (Å²) in [7, 11) is 1.96. The van der Waals surface area contributed by atoms with Crippen molar-refractivity contribution in [2.45, 2.75) is 39.8 Å². The van der Waals surface area contributed by atoms with Crippen LogP contribution in [0.5, 0.6) is 0 Å². The predicted octanol–water partition coefficient (Wildman–Crippen LogP) is 3.53. The van der Waals surface area contributed by atoms with E-state index in [2.05, 4.69) is 76.5 Å². The number of hydrogen-bond acceptors (Lipinski definition) is 4. The van der Waals surface area contributed by atoms with E-state index in [1.807, 2.05) is 18.5 Å². The van der Waals surface area contributed by atoms with Crippen LogP contribution in [-0.4, -0.2) is 27.3 Å². The maximum atomic E-state index is 4.72. The van der Waals surface area contributed by atoms with Crippen LogP contribution in [0.2, 0.25) is 0 Å². The molecule has 148 valence electrons. The molecule has 3 aromatic rings. The van der Waals surface area contributed by atoms with Gasteiger partial charge in [-0.3, -0.25) is 0 Å². The highest BCUT2D eigenvalue weighted by molar-refractivity contribution is 7.09. The van der Waals surface area contributed by atoms with Gasteiger partial charge in [0.2, 0.25) is 0 Å². The smallest absolute Gasteiger partial charge is 0.192 e. The zero-order valence-corrected chi connectivity index (χ0v) is 17.8. The van der Waals surface area contributed by atoms with Gasteiger partial charge in [0.1, 0.15) is 12.4 Å². The number of nitrogens with zero attached hydrogens (tertiary/aromatic N) is 4. The zero-order valence-electron chi connectivity index (χ0n) is 16.9. The lowest BCUT2D eigenvalue weighted by Crippen LogP contribution is -2.38. The van der Waals surface area contributed by atoms with E-state index in [1.165, 1.54) is 16.0 Å². The molecule has 0 bridgehead atoms. The van der Waals surface area contributed by atoms with Crippen LogP contribution in [0.4, 0.5) is 0 Å². The molecule has 2 heterocycles. The molecule has 0 amide bonds. The van der Waals surface area contributed by atoms with E-state index in [0.29, 0.717) is 12.5 Å². The molecule has 3 rings (SSSR count). The minimum Gasteiger partial charge on any atom is -0.356 e. The molecule has 2 aromatic heterocycles. The molecule has 0 aliphatic rings. The summed E-state index contributed by atoms with van der Waals surface area (Å²) >= 11 is 1.74. The van der Waals surface area contributed by atoms with Gasteiger partial charge in [-0.1, -0.05) is 42.8 Å². The van der Waals surface area contributed by atoms with Crippen LogP contribution in [0.1, 0.15) is 40.5 Å². The van der Waals surface area contributed by atoms with Crippen LogP contribution in [0.25, 0.3) is 0 Å². The molecule has 0 spiro atoms. The Kier molecular flexibility index (Phi) is 6.81. The summed E-state index contributed by atoms with van der Waals surface area (Å²) in [6.45, 7) is 8.31. The third-order valence-electron chi connectivity index (χ3n) is 4.79. The monoisotopic (exact) mass is 396 g/mol. The minimum atomic E-state index is 0.381. The van der Waals surface area contributed by atoms with Crippen LogP contribution in [0.15, 0.2) is 46.8 Å². The van der Waals surface area contributed by atoms with E-state index in [0.717, 1.165) is 30.7 Å². The van der Waals surface area contributed by atoms with Gasteiger partial charge < -0.3 is 15.2 Å². The van der Waals surface area contributed by atoms with Crippen molar-refractivity contribution in [3.05, 3.63) is 69.4 Å². The van der Waals surface area contributed by atoms with Gasteiger partial charge in [-0.15, -0.1) is 21.5 Å². The lowest BCUT2D eigenvalue weighted by molar-refractivity contribution is 0.692. The quantitative estimate of drug-likeness (QED) is 0.474. The van der Waals surface area contributed by atoms with Gasteiger partial charge in [-0.05, 0) is 36.8 Å². The maximum absolute atomic E-state index is 4.72. The topological polar surface area (TPSA) is 67.1 Å². The summed E-state index contributed by atoms with van der Waals surface area (Å²) < 4.78 is 1.97. The third-order valence-corrected chi connectivity index (χ3v) is 5.67. The van der Waals surface area contributed by atoms with Crippen LogP contribution >= 0.6 is 11.3 Å². The second-order valence-electron chi connectivity index (χ2n) is 7.01. The standard InChI is InChI=1S/C21H28N6S/c1-15-7-9-18(10-8-15)16(2)12-22-21(23-13-19-6-5-11-28-19)24-14-20-26-25-17(3)27(20)4/h5-11,16H,12-14H2,1-4H3,(H2,22,23,24). The second-order valence-corrected chi connectivity index (χ2v) is 8.05. The number of nitrogens with one attached hydrogen (secondary N) is 2. The summed E-state index contributed by atoms with van der Waals surface area (Å²) in [5, 5.41) is 17.3. The number of guanidine groups is 1. The van der Waals surface area contributed by atoms with Gasteiger partial charge in [0.05, 0.1) is 6.54 Å². The molecular weight excluding hydrogens is 368 g/mol. The molecule has 0 saturated carbocycles. The van der Waals surface area contributed by atoms with Gasteiger partial charge >= 0.3 is 0 Å². The molecular formula is C21H28N6S. The molecule has 28 heavy (non-hydrogen) atoms. The van der Waals surface area contributed by atoms with Crippen LogP contribution in [0.3, 0.4) is 0 Å². The average Bonchev–Trinajstić information content (AvgIpc) is 3.32. The average molecular weight is 397 g/mol. The molecule has 6 nitrogen and oxygen atoms in total. The van der Waals surface area contributed by atoms with Crippen LogP contribution < -0.4 is 10.6 Å². The van der Waals surface area contributed by atoms with Crippen molar-refractivity contribution >= 4 is 17.3 Å². The van der Waals surface area contributed by atoms with Crippen molar-refractivity contribution < 1.29 is 0 Å². The van der Waals surface area contributed by atoms with E-state index < -0.39 is 0 Å². The Balaban J connectivity index is 1.65. The summed E-state index contributed by atoms with van der Waals surface area (Å²) in [6.07, 6.45) is 0. The van der Waals surface area contributed by atoms with Crippen LogP contribution in [0, 0.1) is 13.8 Å². The number of hydrogen-bond donors (Lipinski definition) is 2. The number of aryl methyl sites for hydroxylation is 2. The Morgan fingerprint density at radius 1 is 1.14 bits per heavy atom. The Hall–Kier alpha value is -2.67. The first kappa shape index (κ1) is 20.1. The molecule has 1 aromatic carbocycles.